The van der Waals surface area contributed by atoms with Crippen LogP contribution in [-0.4, -0.2) is 18.7 Å². The largest absolute Gasteiger partial charge is 0.467 e. The lowest BCUT2D eigenvalue weighted by molar-refractivity contribution is -0.148. The van der Waals surface area contributed by atoms with E-state index in [1.807, 2.05) is 44.2 Å². The number of hydrogen-bond acceptors (Lipinski definition) is 3. The van der Waals surface area contributed by atoms with Gasteiger partial charge in [0.1, 0.15) is 5.60 Å². The number of benzene rings is 1. The molecule has 1 aromatic rings. The van der Waals surface area contributed by atoms with Crippen molar-refractivity contribution in [2.75, 3.05) is 7.11 Å². The van der Waals surface area contributed by atoms with Gasteiger partial charge in [0.25, 0.3) is 0 Å². The number of methoxy groups -OCH3 is 1. The Kier molecular flexibility index (Phi) is 3.92. The molecule has 0 N–H and O–H groups in total. The number of hydrogen-bond donors (Lipinski definition) is 0. The summed E-state index contributed by atoms with van der Waals surface area (Å²) in [4.78, 5) is 12.4. The second kappa shape index (κ2) is 5.21. The predicted octanol–water partition coefficient (Wildman–Crippen LogP) is 3.53. The molecular formula is C17H24O3. The van der Waals surface area contributed by atoms with Gasteiger partial charge in [-0.1, -0.05) is 58.0 Å². The van der Waals surface area contributed by atoms with Crippen LogP contribution in [0.4, 0.5) is 0 Å². The lowest BCUT2D eigenvalue weighted by Crippen LogP contribution is -2.39. The number of rotatable bonds is 5. The van der Waals surface area contributed by atoms with Gasteiger partial charge in [-0.3, -0.25) is 0 Å². The highest BCUT2D eigenvalue weighted by Gasteiger charge is 2.77. The average molecular weight is 276 g/mol. The van der Waals surface area contributed by atoms with Crippen molar-refractivity contribution in [2.45, 2.75) is 45.3 Å². The Balaban J connectivity index is 2.49. The third-order valence-corrected chi connectivity index (χ3v) is 4.13. The minimum Gasteiger partial charge on any atom is -0.467 e. The zero-order valence-corrected chi connectivity index (χ0v) is 13.0. The summed E-state index contributed by atoms with van der Waals surface area (Å²) >= 11 is 0. The quantitative estimate of drug-likeness (QED) is 0.610. The van der Waals surface area contributed by atoms with Crippen molar-refractivity contribution in [1.82, 2.24) is 0 Å². The maximum absolute atomic E-state index is 12.4. The summed E-state index contributed by atoms with van der Waals surface area (Å²) < 4.78 is 11.2. The molecule has 3 heteroatoms. The molecule has 20 heavy (non-hydrogen) atoms. The number of carbonyl (C=O) groups is 1. The second-order valence-corrected chi connectivity index (χ2v) is 6.28. The minimum atomic E-state index is -0.854. The molecule has 2 unspecified atom stereocenters. The standard InChI is InChI=1S/C17H24O3/c1-12(2)11-16(14-9-7-6-8-10-14)17(20-16,13(3)4)15(18)19-5/h6-10,12-13H,11H2,1-5H3. The molecule has 1 aliphatic heterocycles. The van der Waals surface area contributed by atoms with Gasteiger partial charge in [-0.05, 0) is 23.8 Å². The summed E-state index contributed by atoms with van der Waals surface area (Å²) in [6.07, 6.45) is 0.810. The molecule has 1 saturated heterocycles. The number of epoxide rings is 1. The van der Waals surface area contributed by atoms with Gasteiger partial charge in [0, 0.05) is 0 Å². The van der Waals surface area contributed by atoms with Crippen molar-refractivity contribution in [3.63, 3.8) is 0 Å². The van der Waals surface area contributed by atoms with Crippen LogP contribution in [0.1, 0.15) is 39.7 Å². The highest BCUT2D eigenvalue weighted by molar-refractivity contribution is 5.85. The fourth-order valence-corrected chi connectivity index (χ4v) is 3.29. The summed E-state index contributed by atoms with van der Waals surface area (Å²) in [5.74, 6) is 0.228. The smallest absolute Gasteiger partial charge is 0.341 e. The third-order valence-electron chi connectivity index (χ3n) is 4.13. The van der Waals surface area contributed by atoms with E-state index in [1.165, 1.54) is 7.11 Å². The maximum atomic E-state index is 12.4. The van der Waals surface area contributed by atoms with Crippen LogP contribution in [0.5, 0.6) is 0 Å². The molecule has 0 bridgehead atoms. The van der Waals surface area contributed by atoms with Crippen LogP contribution in [0, 0.1) is 11.8 Å². The van der Waals surface area contributed by atoms with Gasteiger partial charge in [0.05, 0.1) is 7.11 Å². The number of ether oxygens (including phenoxy) is 2. The van der Waals surface area contributed by atoms with Crippen molar-refractivity contribution in [3.8, 4) is 0 Å². The molecule has 110 valence electrons. The first-order valence-electron chi connectivity index (χ1n) is 7.25. The second-order valence-electron chi connectivity index (χ2n) is 6.28. The van der Waals surface area contributed by atoms with Crippen LogP contribution in [0.25, 0.3) is 0 Å². The molecule has 0 spiro atoms. The van der Waals surface area contributed by atoms with Crippen LogP contribution in [-0.2, 0) is 19.9 Å². The molecule has 2 rings (SSSR count). The Morgan fingerprint density at radius 2 is 1.80 bits per heavy atom. The van der Waals surface area contributed by atoms with E-state index in [9.17, 15) is 4.79 Å². The van der Waals surface area contributed by atoms with Crippen LogP contribution < -0.4 is 0 Å². The monoisotopic (exact) mass is 276 g/mol. The number of esters is 1. The zero-order valence-electron chi connectivity index (χ0n) is 13.0. The lowest BCUT2D eigenvalue weighted by atomic mass is 9.75. The van der Waals surface area contributed by atoms with Crippen LogP contribution in [0.2, 0.25) is 0 Å². The summed E-state index contributed by atoms with van der Waals surface area (Å²) in [7, 11) is 1.43. The summed E-state index contributed by atoms with van der Waals surface area (Å²) in [6.45, 7) is 8.33. The molecule has 1 aliphatic rings. The number of carbonyl (C=O) groups excluding carboxylic acids is 1. The van der Waals surface area contributed by atoms with Crippen LogP contribution in [0.15, 0.2) is 30.3 Å². The molecule has 0 saturated carbocycles. The van der Waals surface area contributed by atoms with E-state index in [-0.39, 0.29) is 11.9 Å². The molecule has 0 amide bonds. The van der Waals surface area contributed by atoms with E-state index in [1.54, 1.807) is 0 Å². The van der Waals surface area contributed by atoms with Gasteiger partial charge in [-0.15, -0.1) is 0 Å². The summed E-state index contributed by atoms with van der Waals surface area (Å²) in [5, 5.41) is 0. The maximum Gasteiger partial charge on any atom is 0.341 e. The van der Waals surface area contributed by atoms with Crippen molar-refractivity contribution < 1.29 is 14.3 Å². The Hall–Kier alpha value is -1.35. The van der Waals surface area contributed by atoms with Gasteiger partial charge in [-0.2, -0.15) is 0 Å². The average Bonchev–Trinajstić information content (AvgIpc) is 3.09. The first-order chi connectivity index (χ1) is 9.40. The zero-order chi connectivity index (χ0) is 15.0. The van der Waals surface area contributed by atoms with Gasteiger partial charge >= 0.3 is 5.97 Å². The molecule has 1 heterocycles. The summed E-state index contributed by atoms with van der Waals surface area (Å²) in [6, 6.07) is 10.0. The van der Waals surface area contributed by atoms with Crippen molar-refractivity contribution in [1.29, 1.82) is 0 Å². The topological polar surface area (TPSA) is 38.8 Å². The molecule has 1 fully saturated rings. The first-order valence-corrected chi connectivity index (χ1v) is 7.25. The molecule has 0 aromatic heterocycles. The fourth-order valence-electron chi connectivity index (χ4n) is 3.29. The normalized spacial score (nSPS) is 28.8. The highest BCUT2D eigenvalue weighted by Crippen LogP contribution is 2.63. The first kappa shape index (κ1) is 15.0. The van der Waals surface area contributed by atoms with E-state index in [0.717, 1.165) is 12.0 Å². The predicted molar refractivity (Wildman–Crippen MR) is 78.2 cm³/mol. The van der Waals surface area contributed by atoms with E-state index in [0.29, 0.717) is 5.92 Å². The van der Waals surface area contributed by atoms with E-state index in [4.69, 9.17) is 9.47 Å². The van der Waals surface area contributed by atoms with Gasteiger partial charge in [0.15, 0.2) is 0 Å². The lowest BCUT2D eigenvalue weighted by Gasteiger charge is -2.23. The van der Waals surface area contributed by atoms with Crippen molar-refractivity contribution >= 4 is 5.97 Å². The molecule has 0 radical (unpaired) electrons. The minimum absolute atomic E-state index is 0.0638. The van der Waals surface area contributed by atoms with E-state index in [2.05, 4.69) is 13.8 Å². The van der Waals surface area contributed by atoms with Crippen molar-refractivity contribution in [3.05, 3.63) is 35.9 Å². The third kappa shape index (κ3) is 2.05. The van der Waals surface area contributed by atoms with E-state index >= 15 is 0 Å². The van der Waals surface area contributed by atoms with Gasteiger partial charge in [-0.25, -0.2) is 4.79 Å². The Morgan fingerprint density at radius 3 is 2.25 bits per heavy atom. The molecular weight excluding hydrogens is 252 g/mol. The van der Waals surface area contributed by atoms with Crippen LogP contribution in [0.3, 0.4) is 0 Å². The SMILES string of the molecule is COC(=O)C1(C(C)C)OC1(CC(C)C)c1ccccc1. The Morgan fingerprint density at radius 1 is 1.20 bits per heavy atom. The molecule has 1 aromatic carbocycles. The van der Waals surface area contributed by atoms with Gasteiger partial charge < -0.3 is 9.47 Å². The van der Waals surface area contributed by atoms with Crippen LogP contribution >= 0.6 is 0 Å². The van der Waals surface area contributed by atoms with Gasteiger partial charge in [0.2, 0.25) is 5.60 Å². The highest BCUT2D eigenvalue weighted by atomic mass is 16.7. The molecule has 2 atom stereocenters. The molecule has 0 aliphatic carbocycles. The fraction of sp³-hybridized carbons (Fsp3) is 0.588. The molecule has 3 nitrogen and oxygen atoms in total. The van der Waals surface area contributed by atoms with E-state index < -0.39 is 11.2 Å². The Bertz CT molecular complexity index is 480. The van der Waals surface area contributed by atoms with Crippen molar-refractivity contribution in [2.24, 2.45) is 11.8 Å². The Labute approximate surface area is 121 Å². The summed E-state index contributed by atoms with van der Waals surface area (Å²) in [5.41, 5.74) is -0.343.